The summed E-state index contributed by atoms with van der Waals surface area (Å²) in [7, 11) is 0. The van der Waals surface area contributed by atoms with Crippen LogP contribution in [0, 0.1) is 0 Å². The highest BCUT2D eigenvalue weighted by Crippen LogP contribution is 2.24. The van der Waals surface area contributed by atoms with Crippen molar-refractivity contribution in [3.05, 3.63) is 0 Å². The predicted octanol–water partition coefficient (Wildman–Crippen LogP) is 3.12. The van der Waals surface area contributed by atoms with Crippen LogP contribution in [0.25, 0.3) is 0 Å². The molecule has 1 saturated heterocycles. The number of ether oxygens (including phenoxy) is 2. The molecule has 0 bridgehead atoms. The van der Waals surface area contributed by atoms with E-state index >= 15 is 0 Å². The monoisotopic (exact) mass is 285 g/mol. The second-order valence-corrected chi connectivity index (χ2v) is 6.17. The minimum absolute atomic E-state index is 0.158. The van der Waals surface area contributed by atoms with Gasteiger partial charge < -0.3 is 14.4 Å². The molecule has 1 fully saturated rings. The van der Waals surface area contributed by atoms with Crippen molar-refractivity contribution in [1.29, 1.82) is 0 Å². The topological polar surface area (TPSA) is 55.8 Å². The molecule has 1 amide bonds. The number of hydrogen-bond acceptors (Lipinski definition) is 4. The van der Waals surface area contributed by atoms with E-state index in [1.165, 1.54) is 0 Å². The molecule has 0 aromatic heterocycles. The molecule has 0 radical (unpaired) electrons. The second kappa shape index (κ2) is 7.50. The van der Waals surface area contributed by atoms with E-state index in [0.29, 0.717) is 13.0 Å². The van der Waals surface area contributed by atoms with Gasteiger partial charge >= 0.3 is 12.1 Å². The number of likely N-dealkylation sites (tertiary alicyclic amines) is 1. The molecular formula is C15H27NO4. The molecule has 0 spiro atoms. The van der Waals surface area contributed by atoms with Crippen molar-refractivity contribution >= 4 is 12.1 Å². The molecule has 0 aromatic carbocycles. The molecule has 1 rings (SSSR count). The molecule has 116 valence electrons. The molecule has 0 aromatic rings. The molecule has 20 heavy (non-hydrogen) atoms. The van der Waals surface area contributed by atoms with E-state index in [1.807, 2.05) is 20.8 Å². The van der Waals surface area contributed by atoms with E-state index in [9.17, 15) is 9.59 Å². The van der Waals surface area contributed by atoms with Gasteiger partial charge in [0.1, 0.15) is 5.60 Å². The molecule has 1 aliphatic heterocycles. The van der Waals surface area contributed by atoms with Crippen LogP contribution in [-0.4, -0.2) is 41.8 Å². The van der Waals surface area contributed by atoms with Gasteiger partial charge in [0, 0.05) is 19.0 Å². The maximum absolute atomic E-state index is 12.1. The van der Waals surface area contributed by atoms with Crippen LogP contribution in [0.3, 0.4) is 0 Å². The molecule has 0 aliphatic carbocycles. The molecule has 5 heteroatoms. The Labute approximate surface area is 121 Å². The van der Waals surface area contributed by atoms with Crippen LogP contribution in [0.1, 0.15) is 59.8 Å². The van der Waals surface area contributed by atoms with E-state index in [1.54, 1.807) is 11.8 Å². The van der Waals surface area contributed by atoms with Gasteiger partial charge in [-0.1, -0.05) is 0 Å². The maximum Gasteiger partial charge on any atom is 0.410 e. The maximum atomic E-state index is 12.1. The second-order valence-electron chi connectivity index (χ2n) is 6.17. The van der Waals surface area contributed by atoms with E-state index in [2.05, 4.69) is 0 Å². The summed E-state index contributed by atoms with van der Waals surface area (Å²) in [4.78, 5) is 25.2. The van der Waals surface area contributed by atoms with Crippen molar-refractivity contribution in [2.24, 2.45) is 0 Å². The van der Waals surface area contributed by atoms with Crippen molar-refractivity contribution in [1.82, 2.24) is 4.90 Å². The van der Waals surface area contributed by atoms with E-state index < -0.39 is 5.60 Å². The predicted molar refractivity (Wildman–Crippen MR) is 76.4 cm³/mol. The van der Waals surface area contributed by atoms with E-state index in [-0.39, 0.29) is 18.1 Å². The fourth-order valence-electron chi connectivity index (χ4n) is 2.41. The van der Waals surface area contributed by atoms with Crippen molar-refractivity contribution in [2.45, 2.75) is 71.4 Å². The number of esters is 1. The third-order valence-corrected chi connectivity index (χ3v) is 3.23. The van der Waals surface area contributed by atoms with Gasteiger partial charge in [-0.2, -0.15) is 0 Å². The van der Waals surface area contributed by atoms with Gasteiger partial charge in [-0.25, -0.2) is 4.79 Å². The highest BCUT2D eigenvalue weighted by atomic mass is 16.6. The van der Waals surface area contributed by atoms with Crippen LogP contribution in [0.4, 0.5) is 4.79 Å². The number of rotatable bonds is 5. The normalized spacial score (nSPS) is 19.0. The Balaban J connectivity index is 2.37. The number of amides is 1. The molecule has 1 aliphatic rings. The van der Waals surface area contributed by atoms with Crippen LogP contribution < -0.4 is 0 Å². The van der Waals surface area contributed by atoms with E-state index in [0.717, 1.165) is 32.2 Å². The van der Waals surface area contributed by atoms with Crippen LogP contribution in [0.15, 0.2) is 0 Å². The van der Waals surface area contributed by atoms with Gasteiger partial charge in [-0.05, 0) is 53.4 Å². The van der Waals surface area contributed by atoms with E-state index in [4.69, 9.17) is 9.47 Å². The SMILES string of the molecule is CCOC(=O)CCC[C@@H]1CCCN1C(=O)OC(C)(C)C. The lowest BCUT2D eigenvalue weighted by atomic mass is 10.1. The molecule has 1 heterocycles. The van der Waals surface area contributed by atoms with Crippen molar-refractivity contribution in [3.63, 3.8) is 0 Å². The summed E-state index contributed by atoms with van der Waals surface area (Å²) in [6.45, 7) is 8.59. The average Bonchev–Trinajstić information content (AvgIpc) is 2.75. The van der Waals surface area contributed by atoms with Crippen molar-refractivity contribution < 1.29 is 19.1 Å². The minimum Gasteiger partial charge on any atom is -0.466 e. The number of carbonyl (C=O) groups is 2. The van der Waals surface area contributed by atoms with Crippen LogP contribution in [-0.2, 0) is 14.3 Å². The van der Waals surface area contributed by atoms with Gasteiger partial charge in [0.2, 0.25) is 0 Å². The standard InChI is InChI=1S/C15H27NO4/c1-5-19-13(17)10-6-8-12-9-7-11-16(12)14(18)20-15(2,3)4/h12H,5-11H2,1-4H3/t12-/m1/s1. The first-order valence-electron chi connectivity index (χ1n) is 7.48. The van der Waals surface area contributed by atoms with Gasteiger partial charge in [0.05, 0.1) is 6.61 Å². The number of hydrogen-bond donors (Lipinski definition) is 0. The summed E-state index contributed by atoms with van der Waals surface area (Å²) >= 11 is 0. The fourth-order valence-corrected chi connectivity index (χ4v) is 2.41. The molecule has 0 unspecified atom stereocenters. The average molecular weight is 285 g/mol. The summed E-state index contributed by atoms with van der Waals surface area (Å²) in [6, 6.07) is 0.194. The lowest BCUT2D eigenvalue weighted by molar-refractivity contribution is -0.143. The molecule has 0 N–H and O–H groups in total. The summed E-state index contributed by atoms with van der Waals surface area (Å²) in [6.07, 6.45) is 3.76. The molecular weight excluding hydrogens is 258 g/mol. The lowest BCUT2D eigenvalue weighted by Gasteiger charge is -2.28. The van der Waals surface area contributed by atoms with Crippen LogP contribution >= 0.6 is 0 Å². The quantitative estimate of drug-likeness (QED) is 0.728. The minimum atomic E-state index is -0.463. The first-order chi connectivity index (χ1) is 9.33. The fraction of sp³-hybridized carbons (Fsp3) is 0.867. The molecule has 0 saturated carbocycles. The Morgan fingerprint density at radius 2 is 2.00 bits per heavy atom. The van der Waals surface area contributed by atoms with Gasteiger partial charge in [-0.3, -0.25) is 4.79 Å². The zero-order valence-corrected chi connectivity index (χ0v) is 13.1. The third kappa shape index (κ3) is 5.80. The van der Waals surface area contributed by atoms with Gasteiger partial charge in [0.25, 0.3) is 0 Å². The van der Waals surface area contributed by atoms with Crippen molar-refractivity contribution in [3.8, 4) is 0 Å². The first kappa shape index (κ1) is 16.8. The summed E-state index contributed by atoms with van der Waals surface area (Å²) in [5.74, 6) is -0.158. The summed E-state index contributed by atoms with van der Waals surface area (Å²) in [5, 5.41) is 0. The highest BCUT2D eigenvalue weighted by Gasteiger charge is 2.31. The van der Waals surface area contributed by atoms with Crippen molar-refractivity contribution in [2.75, 3.05) is 13.2 Å². The lowest BCUT2D eigenvalue weighted by Crippen LogP contribution is -2.39. The van der Waals surface area contributed by atoms with Crippen LogP contribution in [0.2, 0.25) is 0 Å². The Morgan fingerprint density at radius 3 is 2.60 bits per heavy atom. The Bertz CT molecular complexity index is 335. The summed E-state index contributed by atoms with van der Waals surface area (Å²) < 4.78 is 10.3. The highest BCUT2D eigenvalue weighted by molar-refractivity contribution is 5.69. The molecule has 5 nitrogen and oxygen atoms in total. The smallest absolute Gasteiger partial charge is 0.410 e. The number of nitrogens with zero attached hydrogens (tertiary/aromatic N) is 1. The largest absolute Gasteiger partial charge is 0.466 e. The zero-order valence-electron chi connectivity index (χ0n) is 13.1. The Kier molecular flexibility index (Phi) is 6.30. The Hall–Kier alpha value is -1.26. The zero-order chi connectivity index (χ0) is 15.2. The molecule has 1 atom stereocenters. The Morgan fingerprint density at radius 1 is 1.30 bits per heavy atom. The third-order valence-electron chi connectivity index (χ3n) is 3.23. The van der Waals surface area contributed by atoms with Gasteiger partial charge in [-0.15, -0.1) is 0 Å². The number of carbonyl (C=O) groups excluding carboxylic acids is 2. The van der Waals surface area contributed by atoms with Crippen LogP contribution in [0.5, 0.6) is 0 Å². The first-order valence-corrected chi connectivity index (χ1v) is 7.48. The summed E-state index contributed by atoms with van der Waals surface area (Å²) in [5.41, 5.74) is -0.463. The van der Waals surface area contributed by atoms with Gasteiger partial charge in [0.15, 0.2) is 0 Å².